The Bertz CT molecular complexity index is 1070. The van der Waals surface area contributed by atoms with E-state index in [0.717, 1.165) is 0 Å². The van der Waals surface area contributed by atoms with Crippen LogP contribution < -0.4 is 4.74 Å². The summed E-state index contributed by atoms with van der Waals surface area (Å²) in [7, 11) is 0. The lowest BCUT2D eigenvalue weighted by atomic mass is 10.0. The summed E-state index contributed by atoms with van der Waals surface area (Å²) in [6.07, 6.45) is 1.61. The second kappa shape index (κ2) is 9.99. The van der Waals surface area contributed by atoms with E-state index in [1.807, 2.05) is 6.07 Å². The van der Waals surface area contributed by atoms with Gasteiger partial charge in [0.05, 0.1) is 17.2 Å². The van der Waals surface area contributed by atoms with Crippen molar-refractivity contribution in [3.63, 3.8) is 0 Å². The molecule has 0 amide bonds. The molecule has 0 spiro atoms. The van der Waals surface area contributed by atoms with Crippen LogP contribution in [0.1, 0.15) is 22.3 Å². The highest BCUT2D eigenvalue weighted by molar-refractivity contribution is 6.21. The molecule has 3 rings (SSSR count). The molecule has 0 atom stereocenters. The van der Waals surface area contributed by atoms with Gasteiger partial charge in [0.1, 0.15) is 12.4 Å². The number of benzene rings is 3. The maximum Gasteiger partial charge on any atom is 0.387 e. The Kier molecular flexibility index (Phi) is 6.91. The van der Waals surface area contributed by atoms with Crippen molar-refractivity contribution in [1.29, 1.82) is 5.26 Å². The second-order valence-electron chi connectivity index (χ2n) is 6.22. The summed E-state index contributed by atoms with van der Waals surface area (Å²) in [5.74, 6) is -0.541. The molecule has 0 unspecified atom stereocenters. The summed E-state index contributed by atoms with van der Waals surface area (Å²) in [6, 6.07) is 23.8. The number of hydrogen-bond donors (Lipinski definition) is 0. The zero-order valence-electron chi connectivity index (χ0n) is 15.8. The molecular weight excluding hydrogens is 388 g/mol. The van der Waals surface area contributed by atoms with Gasteiger partial charge in [-0.3, -0.25) is 0 Å². The van der Waals surface area contributed by atoms with Crippen molar-refractivity contribution < 1.29 is 23.0 Å². The van der Waals surface area contributed by atoms with Gasteiger partial charge in [-0.2, -0.15) is 14.0 Å². The Morgan fingerprint density at radius 1 is 0.967 bits per heavy atom. The van der Waals surface area contributed by atoms with E-state index in [-0.39, 0.29) is 12.4 Å². The Morgan fingerprint density at radius 2 is 1.63 bits per heavy atom. The number of carbonyl (C=O) groups excluding carboxylic acids is 1. The first kappa shape index (κ1) is 20.7. The molecule has 150 valence electrons. The molecule has 6 heteroatoms. The number of carbonyl (C=O) groups is 1. The lowest BCUT2D eigenvalue weighted by molar-refractivity contribution is -0.137. The van der Waals surface area contributed by atoms with Crippen LogP contribution in [0.15, 0.2) is 78.9 Å². The molecule has 4 nitrogen and oxygen atoms in total. The largest absolute Gasteiger partial charge is 0.457 e. The van der Waals surface area contributed by atoms with Gasteiger partial charge in [-0.1, -0.05) is 60.7 Å². The van der Waals surface area contributed by atoms with Crippen LogP contribution in [-0.4, -0.2) is 12.6 Å². The normalized spacial score (nSPS) is 11.1. The van der Waals surface area contributed by atoms with Crippen LogP contribution in [0.5, 0.6) is 5.75 Å². The molecule has 0 heterocycles. The van der Waals surface area contributed by atoms with Crippen molar-refractivity contribution in [2.75, 3.05) is 0 Å². The van der Waals surface area contributed by atoms with Crippen LogP contribution in [-0.2, 0) is 16.1 Å². The Balaban J connectivity index is 1.85. The number of nitrogens with zero attached hydrogens (tertiary/aromatic N) is 1. The highest BCUT2D eigenvalue weighted by Crippen LogP contribution is 2.23. The van der Waals surface area contributed by atoms with E-state index in [0.29, 0.717) is 27.8 Å². The molecule has 0 aliphatic rings. The van der Waals surface area contributed by atoms with E-state index in [9.17, 15) is 18.8 Å². The van der Waals surface area contributed by atoms with Crippen LogP contribution >= 0.6 is 0 Å². The molecule has 3 aromatic rings. The van der Waals surface area contributed by atoms with Crippen LogP contribution in [0.25, 0.3) is 11.6 Å². The fraction of sp³-hybridized carbons (Fsp3) is 0.0833. The van der Waals surface area contributed by atoms with Gasteiger partial charge in [0, 0.05) is 5.56 Å². The van der Waals surface area contributed by atoms with E-state index in [1.54, 1.807) is 66.7 Å². The van der Waals surface area contributed by atoms with Crippen molar-refractivity contribution in [3.05, 3.63) is 101 Å². The van der Waals surface area contributed by atoms with Crippen molar-refractivity contribution in [2.45, 2.75) is 13.2 Å². The van der Waals surface area contributed by atoms with E-state index >= 15 is 0 Å². The predicted octanol–water partition coefficient (Wildman–Crippen LogP) is 5.44. The monoisotopic (exact) mass is 405 g/mol. The third-order valence-corrected chi connectivity index (χ3v) is 4.22. The van der Waals surface area contributed by atoms with Gasteiger partial charge in [0.2, 0.25) is 0 Å². The molecule has 0 fully saturated rings. The molecule has 3 aromatic carbocycles. The highest BCUT2D eigenvalue weighted by atomic mass is 19.3. The predicted molar refractivity (Wildman–Crippen MR) is 108 cm³/mol. The van der Waals surface area contributed by atoms with Crippen molar-refractivity contribution in [1.82, 2.24) is 0 Å². The van der Waals surface area contributed by atoms with Crippen LogP contribution in [0.4, 0.5) is 8.78 Å². The van der Waals surface area contributed by atoms with E-state index in [4.69, 9.17) is 4.74 Å². The summed E-state index contributed by atoms with van der Waals surface area (Å²) in [4.78, 5) is 12.8. The van der Waals surface area contributed by atoms with Crippen molar-refractivity contribution >= 4 is 17.6 Å². The Hall–Kier alpha value is -3.98. The molecule has 0 aliphatic heterocycles. The van der Waals surface area contributed by atoms with Gasteiger partial charge in [0.15, 0.2) is 0 Å². The first-order chi connectivity index (χ1) is 14.6. The zero-order valence-corrected chi connectivity index (χ0v) is 15.8. The maximum absolute atomic E-state index is 12.8. The van der Waals surface area contributed by atoms with Gasteiger partial charge in [0.25, 0.3) is 0 Å². The van der Waals surface area contributed by atoms with Crippen molar-refractivity contribution in [2.24, 2.45) is 0 Å². The lowest BCUT2D eigenvalue weighted by Crippen LogP contribution is -2.08. The minimum Gasteiger partial charge on any atom is -0.457 e. The minimum atomic E-state index is -2.91. The number of rotatable bonds is 7. The number of alkyl halides is 2. The third-order valence-electron chi connectivity index (χ3n) is 4.22. The zero-order chi connectivity index (χ0) is 21.3. The molecule has 0 bridgehead atoms. The van der Waals surface area contributed by atoms with Gasteiger partial charge in [-0.25, -0.2) is 4.79 Å². The standard InChI is InChI=1S/C24H17F2NO3/c25-24(26)30-21-12-10-17(11-13-21)14-22(18-6-2-1-3-7-18)23(28)29-16-20-9-5-4-8-19(20)15-27/h1-14,24H,16H2/b22-14+. The van der Waals surface area contributed by atoms with E-state index in [1.165, 1.54) is 12.1 Å². The van der Waals surface area contributed by atoms with Crippen LogP contribution in [0, 0.1) is 11.3 Å². The SMILES string of the molecule is N#Cc1ccccc1COC(=O)/C(=C/c1ccc(OC(F)F)cc1)c1ccccc1. The number of halogens is 2. The summed E-state index contributed by atoms with van der Waals surface area (Å²) in [6.45, 7) is -2.95. The molecule has 30 heavy (non-hydrogen) atoms. The number of nitriles is 1. The van der Waals surface area contributed by atoms with E-state index < -0.39 is 12.6 Å². The Labute approximate surface area is 172 Å². The average molecular weight is 405 g/mol. The minimum absolute atomic E-state index is 0.0269. The highest BCUT2D eigenvalue weighted by Gasteiger charge is 2.15. The number of ether oxygens (including phenoxy) is 2. The third kappa shape index (κ3) is 5.52. The van der Waals surface area contributed by atoms with Gasteiger partial charge >= 0.3 is 12.6 Å². The molecular formula is C24H17F2NO3. The van der Waals surface area contributed by atoms with Crippen molar-refractivity contribution in [3.8, 4) is 11.8 Å². The lowest BCUT2D eigenvalue weighted by Gasteiger charge is -2.10. The van der Waals surface area contributed by atoms with Gasteiger partial charge < -0.3 is 9.47 Å². The Morgan fingerprint density at radius 3 is 2.30 bits per heavy atom. The molecule has 0 aromatic heterocycles. The maximum atomic E-state index is 12.8. The quantitative estimate of drug-likeness (QED) is 0.298. The number of esters is 1. The molecule has 0 saturated heterocycles. The second-order valence-corrected chi connectivity index (χ2v) is 6.22. The smallest absolute Gasteiger partial charge is 0.387 e. The topological polar surface area (TPSA) is 59.3 Å². The summed E-state index contributed by atoms with van der Waals surface area (Å²) < 4.78 is 34.4. The fourth-order valence-electron chi connectivity index (χ4n) is 2.77. The van der Waals surface area contributed by atoms with Crippen LogP contribution in [0.3, 0.4) is 0 Å². The van der Waals surface area contributed by atoms with Gasteiger partial charge in [-0.15, -0.1) is 0 Å². The summed E-state index contributed by atoms with van der Waals surface area (Å²) in [5, 5.41) is 9.18. The number of hydrogen-bond acceptors (Lipinski definition) is 4. The van der Waals surface area contributed by atoms with Gasteiger partial charge in [-0.05, 0) is 35.4 Å². The van der Waals surface area contributed by atoms with Crippen LogP contribution in [0.2, 0.25) is 0 Å². The molecule has 0 aliphatic carbocycles. The first-order valence-electron chi connectivity index (χ1n) is 9.04. The molecule has 0 saturated carbocycles. The summed E-state index contributed by atoms with van der Waals surface area (Å²) >= 11 is 0. The average Bonchev–Trinajstić information content (AvgIpc) is 2.77. The molecule has 0 N–H and O–H groups in total. The summed E-state index contributed by atoms with van der Waals surface area (Å²) in [5.41, 5.74) is 2.60. The fourth-order valence-corrected chi connectivity index (χ4v) is 2.77. The van der Waals surface area contributed by atoms with E-state index in [2.05, 4.69) is 10.8 Å². The molecule has 0 radical (unpaired) electrons. The first-order valence-corrected chi connectivity index (χ1v) is 9.04.